The predicted molar refractivity (Wildman–Crippen MR) is 138 cm³/mol. The van der Waals surface area contributed by atoms with Gasteiger partial charge in [0.05, 0.1) is 9.52 Å². The molecule has 0 aliphatic heterocycles. The van der Waals surface area contributed by atoms with Crippen LogP contribution in [0.3, 0.4) is 0 Å². The molecule has 0 fully saturated rings. The Morgan fingerprint density at radius 1 is 0.581 bits per heavy atom. The van der Waals surface area contributed by atoms with Crippen LogP contribution in [0.1, 0.15) is 123 Å². The van der Waals surface area contributed by atoms with Crippen LogP contribution < -0.4 is 0 Å². The fraction of sp³-hybridized carbons (Fsp3) is 0.467. The Balaban J connectivity index is 1.82. The minimum atomic E-state index is 0.550. The van der Waals surface area contributed by atoms with Gasteiger partial charge >= 0.3 is 0 Å². The molecule has 2 atom stereocenters. The fourth-order valence-corrected chi connectivity index (χ4v) is 7.80. The Hall–Kier alpha value is -1.86. The molecule has 0 heterocycles. The van der Waals surface area contributed by atoms with Crippen LogP contribution in [0.15, 0.2) is 35.4 Å². The van der Waals surface area contributed by atoms with Gasteiger partial charge in [-0.3, -0.25) is 0 Å². The predicted octanol–water partition coefficient (Wildman–Crippen LogP) is 8.65. The van der Waals surface area contributed by atoms with Crippen LogP contribution in [0.5, 0.6) is 0 Å². The molecule has 0 spiro atoms. The number of hydrogen-bond donors (Lipinski definition) is 0. The third-order valence-electron chi connectivity index (χ3n) is 7.86. The smallest absolute Gasteiger partial charge is 0.0655 e. The first kappa shape index (κ1) is 22.3. The number of rotatable bonds is 4. The van der Waals surface area contributed by atoms with Gasteiger partial charge in [-0.05, 0) is 120 Å². The molecule has 0 bridgehead atoms. The van der Waals surface area contributed by atoms with E-state index in [2.05, 4.69) is 93.5 Å². The zero-order chi connectivity index (χ0) is 22.8. The summed E-state index contributed by atoms with van der Waals surface area (Å²) in [7, 11) is 0.863. The number of benzene rings is 2. The summed E-state index contributed by atoms with van der Waals surface area (Å²) in [5.41, 5.74) is 19.4. The minimum absolute atomic E-state index is 0.550. The first-order valence-electron chi connectivity index (χ1n) is 11.9. The van der Waals surface area contributed by atoms with E-state index in [1.54, 1.807) is 22.3 Å². The van der Waals surface area contributed by atoms with Crippen molar-refractivity contribution < 1.29 is 0 Å². The van der Waals surface area contributed by atoms with Gasteiger partial charge in [0, 0.05) is 0 Å². The van der Waals surface area contributed by atoms with Crippen molar-refractivity contribution in [3.05, 3.63) is 79.9 Å². The number of hydrogen-bond acceptors (Lipinski definition) is 0. The average Bonchev–Trinajstić information content (AvgIpc) is 3.08. The van der Waals surface area contributed by atoms with Crippen LogP contribution in [0, 0.1) is 13.8 Å². The van der Waals surface area contributed by atoms with Crippen molar-refractivity contribution in [2.45, 2.75) is 92.2 Å². The molecule has 4 rings (SSSR count). The molecule has 2 radical (unpaired) electrons. The molecule has 0 saturated heterocycles. The van der Waals surface area contributed by atoms with Crippen LogP contribution in [-0.2, 0) is 0 Å². The van der Waals surface area contributed by atoms with Crippen molar-refractivity contribution >= 4 is 20.7 Å². The van der Waals surface area contributed by atoms with E-state index in [1.165, 1.54) is 44.5 Å². The Morgan fingerprint density at radius 2 is 0.935 bits per heavy atom. The van der Waals surface area contributed by atoms with Crippen LogP contribution in [-0.4, -0.2) is 9.52 Å². The Bertz CT molecular complexity index is 1030. The molecule has 1 heteroatoms. The molecular weight excluding hydrogens is 388 g/mol. The first-order chi connectivity index (χ1) is 14.5. The molecule has 0 N–H and O–H groups in total. The maximum absolute atomic E-state index is 2.53. The summed E-state index contributed by atoms with van der Waals surface area (Å²) in [6.45, 7) is 23.4. The lowest BCUT2D eigenvalue weighted by atomic mass is 9.93. The molecule has 162 valence electrons. The van der Waals surface area contributed by atoms with E-state index < -0.39 is 0 Å². The first-order valence-corrected chi connectivity index (χ1v) is 13.1. The van der Waals surface area contributed by atoms with Crippen molar-refractivity contribution in [1.82, 2.24) is 0 Å². The van der Waals surface area contributed by atoms with Gasteiger partial charge in [0.15, 0.2) is 0 Å². The molecule has 31 heavy (non-hydrogen) atoms. The summed E-state index contributed by atoms with van der Waals surface area (Å²) >= 11 is 0. The maximum Gasteiger partial charge on any atom is 0.0678 e. The van der Waals surface area contributed by atoms with Crippen molar-refractivity contribution in [1.29, 1.82) is 0 Å². The Labute approximate surface area is 192 Å². The van der Waals surface area contributed by atoms with Gasteiger partial charge in [-0.15, -0.1) is 0 Å². The van der Waals surface area contributed by atoms with E-state index >= 15 is 0 Å². The molecule has 2 aromatic rings. The van der Waals surface area contributed by atoms with Gasteiger partial charge in [-0.2, -0.15) is 0 Å². The van der Waals surface area contributed by atoms with Gasteiger partial charge in [-0.25, -0.2) is 0 Å². The molecule has 2 aromatic carbocycles. The quantitative estimate of drug-likeness (QED) is 0.429. The molecular formula is C30H38Si. The molecule has 2 aliphatic rings. The minimum Gasteiger partial charge on any atom is -0.0655 e. The highest BCUT2D eigenvalue weighted by molar-refractivity contribution is 6.44. The van der Waals surface area contributed by atoms with E-state index in [4.69, 9.17) is 0 Å². The van der Waals surface area contributed by atoms with Crippen LogP contribution in [0.25, 0.3) is 11.1 Å². The second kappa shape index (κ2) is 7.92. The van der Waals surface area contributed by atoms with Gasteiger partial charge in [0.2, 0.25) is 0 Å². The zero-order valence-corrected chi connectivity index (χ0v) is 22.1. The summed E-state index contributed by atoms with van der Waals surface area (Å²) in [6, 6.07) is 9.90. The standard InChI is InChI=1S/C30H38Si/c1-15(2)23-11-17(5)27-19(7)21(9)29(25(27)13-23)31-30-22(10)20(8)28-18(6)12-24(16(3)4)14-26(28)30/h11-16,29-30H,1-10H3. The fourth-order valence-electron chi connectivity index (χ4n) is 5.72. The van der Waals surface area contributed by atoms with E-state index in [-0.39, 0.29) is 0 Å². The van der Waals surface area contributed by atoms with Crippen molar-refractivity contribution in [3.8, 4) is 0 Å². The number of fused-ring (bicyclic) bond motifs is 2. The van der Waals surface area contributed by atoms with E-state index in [9.17, 15) is 0 Å². The lowest BCUT2D eigenvalue weighted by Gasteiger charge is -2.23. The highest BCUT2D eigenvalue weighted by Gasteiger charge is 2.36. The Morgan fingerprint density at radius 3 is 1.26 bits per heavy atom. The summed E-state index contributed by atoms with van der Waals surface area (Å²) in [5.74, 6) is 1.14. The highest BCUT2D eigenvalue weighted by atomic mass is 28.2. The van der Waals surface area contributed by atoms with Gasteiger partial charge in [0.1, 0.15) is 0 Å². The lowest BCUT2D eigenvalue weighted by Crippen LogP contribution is -2.17. The third-order valence-corrected chi connectivity index (χ3v) is 10.0. The van der Waals surface area contributed by atoms with E-state index in [0.717, 1.165) is 9.52 Å². The number of allylic oxidation sites excluding steroid dienone is 4. The maximum atomic E-state index is 2.53. The normalized spacial score (nSPS) is 20.4. The van der Waals surface area contributed by atoms with Crippen molar-refractivity contribution in [3.63, 3.8) is 0 Å². The topological polar surface area (TPSA) is 0 Å². The van der Waals surface area contributed by atoms with Gasteiger partial charge < -0.3 is 0 Å². The third kappa shape index (κ3) is 3.50. The number of aryl methyl sites for hydroxylation is 2. The molecule has 2 unspecified atom stereocenters. The molecule has 2 aliphatic carbocycles. The summed E-state index contributed by atoms with van der Waals surface area (Å²) in [4.78, 5) is 0. The van der Waals surface area contributed by atoms with Crippen LogP contribution in [0.4, 0.5) is 0 Å². The molecule has 0 aromatic heterocycles. The Kier molecular flexibility index (Phi) is 5.71. The van der Waals surface area contributed by atoms with Crippen molar-refractivity contribution in [2.75, 3.05) is 0 Å². The zero-order valence-electron chi connectivity index (χ0n) is 21.1. The van der Waals surface area contributed by atoms with E-state index in [1.807, 2.05) is 0 Å². The second-order valence-electron chi connectivity index (χ2n) is 10.6. The monoisotopic (exact) mass is 426 g/mol. The van der Waals surface area contributed by atoms with Crippen LogP contribution in [0.2, 0.25) is 0 Å². The molecule has 0 nitrogen and oxygen atoms in total. The van der Waals surface area contributed by atoms with Gasteiger partial charge in [0.25, 0.3) is 0 Å². The van der Waals surface area contributed by atoms with Crippen LogP contribution >= 0.6 is 0 Å². The van der Waals surface area contributed by atoms with Crippen molar-refractivity contribution in [2.24, 2.45) is 0 Å². The highest BCUT2D eigenvalue weighted by Crippen LogP contribution is 2.49. The van der Waals surface area contributed by atoms with Gasteiger partial charge in [-0.1, -0.05) is 63.1 Å². The second-order valence-corrected chi connectivity index (χ2v) is 12.1. The molecule has 0 amide bonds. The largest absolute Gasteiger partial charge is 0.0678 e. The molecule has 0 saturated carbocycles. The average molecular weight is 427 g/mol. The lowest BCUT2D eigenvalue weighted by molar-refractivity contribution is 0.858. The van der Waals surface area contributed by atoms with E-state index in [0.29, 0.717) is 22.9 Å². The summed E-state index contributed by atoms with van der Waals surface area (Å²) in [5, 5.41) is 0. The summed E-state index contributed by atoms with van der Waals surface area (Å²) < 4.78 is 0. The summed E-state index contributed by atoms with van der Waals surface area (Å²) in [6.07, 6.45) is 0. The SMILES string of the molecule is CC1=C(C)C([Si]C2C(C)=C(C)c3c(C)cc(C(C)C)cc32)c2cc(C(C)C)cc(C)c21.